The molecule has 0 aromatic heterocycles. The maximum Gasteiger partial charge on any atom is 0.306 e. The van der Waals surface area contributed by atoms with Gasteiger partial charge >= 0.3 is 5.97 Å². The van der Waals surface area contributed by atoms with Crippen LogP contribution in [0.1, 0.15) is 284 Å². The fourth-order valence-electron chi connectivity index (χ4n) is 9.14. The molecule has 382 valence electrons. The van der Waals surface area contributed by atoms with Gasteiger partial charge in [-0.2, -0.15) is 0 Å². The summed E-state index contributed by atoms with van der Waals surface area (Å²) in [6, 6.07) is 0. The molecule has 0 amide bonds. The van der Waals surface area contributed by atoms with Crippen LogP contribution in [0, 0.1) is 0 Å². The van der Waals surface area contributed by atoms with Crippen LogP contribution in [0.2, 0.25) is 0 Å². The maximum absolute atomic E-state index is 12.8. The summed E-state index contributed by atoms with van der Waals surface area (Å²) >= 11 is 0. The summed E-state index contributed by atoms with van der Waals surface area (Å²) in [6.07, 6.45) is 47.2. The van der Waals surface area contributed by atoms with Crippen molar-refractivity contribution in [1.29, 1.82) is 0 Å². The zero-order valence-corrected chi connectivity index (χ0v) is 42.3. The molecule has 9 nitrogen and oxygen atoms in total. The highest BCUT2D eigenvalue weighted by Gasteiger charge is 2.44. The Morgan fingerprint density at radius 3 is 1.11 bits per heavy atom. The first-order valence-corrected chi connectivity index (χ1v) is 28.1. The smallest absolute Gasteiger partial charge is 0.306 e. The van der Waals surface area contributed by atoms with Gasteiger partial charge in [0.1, 0.15) is 30.5 Å². The van der Waals surface area contributed by atoms with Crippen LogP contribution in [0.4, 0.5) is 0 Å². The largest absolute Gasteiger partial charge is 0.457 e. The van der Waals surface area contributed by atoms with Gasteiger partial charge in [0.2, 0.25) is 0 Å². The molecule has 4 N–H and O–H groups in total. The predicted octanol–water partition coefficient (Wildman–Crippen LogP) is 14.2. The molecule has 0 radical (unpaired) electrons. The van der Waals surface area contributed by atoms with Gasteiger partial charge in [-0.1, -0.05) is 264 Å². The summed E-state index contributed by atoms with van der Waals surface area (Å²) in [5, 5.41) is 40.3. The minimum Gasteiger partial charge on any atom is -0.457 e. The molecule has 6 unspecified atom stereocenters. The van der Waals surface area contributed by atoms with Crippen molar-refractivity contribution in [3.05, 3.63) is 0 Å². The second kappa shape index (κ2) is 47.3. The lowest BCUT2D eigenvalue weighted by Crippen LogP contribution is -2.59. The zero-order chi connectivity index (χ0) is 46.4. The van der Waals surface area contributed by atoms with Gasteiger partial charge in [-0.3, -0.25) is 4.79 Å². The van der Waals surface area contributed by atoms with Crippen LogP contribution in [-0.2, 0) is 23.7 Å². The van der Waals surface area contributed by atoms with E-state index in [1.807, 2.05) is 0 Å². The molecule has 0 saturated carbocycles. The van der Waals surface area contributed by atoms with E-state index in [1.165, 1.54) is 231 Å². The van der Waals surface area contributed by atoms with E-state index in [1.54, 1.807) is 0 Å². The summed E-state index contributed by atoms with van der Waals surface area (Å²) < 4.78 is 23.0. The molecule has 0 aromatic carbocycles. The molecule has 1 aliphatic heterocycles. The topological polar surface area (TPSA) is 135 Å². The molecule has 1 rings (SSSR count). The maximum atomic E-state index is 12.8. The molecule has 1 aliphatic rings. The van der Waals surface area contributed by atoms with Gasteiger partial charge in [-0.25, -0.2) is 0 Å². The Morgan fingerprint density at radius 2 is 0.766 bits per heavy atom. The van der Waals surface area contributed by atoms with E-state index in [0.29, 0.717) is 13.0 Å². The number of hydrogen-bond acceptors (Lipinski definition) is 9. The molecule has 0 aromatic rings. The van der Waals surface area contributed by atoms with Crippen molar-refractivity contribution in [3.63, 3.8) is 0 Å². The van der Waals surface area contributed by atoms with Crippen LogP contribution in [0.15, 0.2) is 0 Å². The number of aliphatic hydroxyl groups is 4. The molecule has 9 heteroatoms. The third-order valence-corrected chi connectivity index (χ3v) is 13.5. The lowest BCUT2D eigenvalue weighted by molar-refractivity contribution is -0.305. The summed E-state index contributed by atoms with van der Waals surface area (Å²) in [6.45, 7) is 4.64. The Morgan fingerprint density at radius 1 is 0.438 bits per heavy atom. The van der Waals surface area contributed by atoms with Crippen molar-refractivity contribution in [2.45, 2.75) is 320 Å². The normalized spacial score (nSPS) is 19.4. The monoisotopic (exact) mass is 913 g/mol. The average Bonchev–Trinajstić information content (AvgIpc) is 3.30. The SMILES string of the molecule is CCCCCCCCCCCCCCCCCCCCCCCCCCCOCC(COC1OC(CO)C(O)C(O)C1O)OC(=O)CCCCCCCCCCCCCCCCCC. The van der Waals surface area contributed by atoms with Crippen LogP contribution in [-0.4, -0.2) is 89.6 Å². The number of rotatable bonds is 50. The fraction of sp³-hybridized carbons (Fsp3) is 0.982. The Bertz CT molecular complexity index is 950. The lowest BCUT2D eigenvalue weighted by atomic mass is 9.99. The highest BCUT2D eigenvalue weighted by molar-refractivity contribution is 5.69. The van der Waals surface area contributed by atoms with Crippen molar-refractivity contribution in [1.82, 2.24) is 0 Å². The Balaban J connectivity index is 2.12. The van der Waals surface area contributed by atoms with Crippen LogP contribution < -0.4 is 0 Å². The number of ether oxygens (including phenoxy) is 4. The minimum atomic E-state index is -1.53. The van der Waals surface area contributed by atoms with Gasteiger partial charge in [0.05, 0.1) is 19.8 Å². The van der Waals surface area contributed by atoms with Gasteiger partial charge in [0.25, 0.3) is 0 Å². The molecular formula is C55H108O9. The molecule has 0 spiro atoms. The van der Waals surface area contributed by atoms with Gasteiger partial charge in [0.15, 0.2) is 6.29 Å². The standard InChI is InChI=1S/C55H108O9/c1-3-5-7-9-11-13-15-17-19-21-22-23-24-25-26-27-28-29-31-33-35-37-39-41-43-45-61-47-49(48-62-55-54(60)53(59)52(58)50(46-56)64-55)63-51(57)44-42-40-38-36-34-32-30-20-18-16-14-12-10-8-6-4-2/h49-50,52-56,58-60H,3-48H2,1-2H3. The van der Waals surface area contributed by atoms with E-state index >= 15 is 0 Å². The molecule has 1 fully saturated rings. The Labute approximate surface area is 395 Å². The first-order valence-electron chi connectivity index (χ1n) is 28.1. The first-order chi connectivity index (χ1) is 31.4. The second-order valence-corrected chi connectivity index (χ2v) is 19.8. The highest BCUT2D eigenvalue weighted by atomic mass is 16.7. The lowest BCUT2D eigenvalue weighted by Gasteiger charge is -2.39. The zero-order valence-electron chi connectivity index (χ0n) is 42.3. The number of aliphatic hydroxyl groups excluding tert-OH is 4. The number of esters is 1. The highest BCUT2D eigenvalue weighted by Crippen LogP contribution is 2.23. The van der Waals surface area contributed by atoms with E-state index in [9.17, 15) is 25.2 Å². The van der Waals surface area contributed by atoms with Gasteiger partial charge in [0, 0.05) is 13.0 Å². The molecule has 1 heterocycles. The third kappa shape index (κ3) is 37.2. The summed E-state index contributed by atoms with van der Waals surface area (Å²) in [4.78, 5) is 12.8. The van der Waals surface area contributed by atoms with E-state index in [4.69, 9.17) is 18.9 Å². The molecule has 6 atom stereocenters. The molecule has 0 bridgehead atoms. The van der Waals surface area contributed by atoms with Crippen LogP contribution in [0.5, 0.6) is 0 Å². The van der Waals surface area contributed by atoms with E-state index in [0.717, 1.165) is 32.1 Å². The third-order valence-electron chi connectivity index (χ3n) is 13.5. The Hall–Kier alpha value is -0.810. The molecule has 1 saturated heterocycles. The minimum absolute atomic E-state index is 0.104. The van der Waals surface area contributed by atoms with Crippen molar-refractivity contribution in [2.24, 2.45) is 0 Å². The average molecular weight is 913 g/mol. The second-order valence-electron chi connectivity index (χ2n) is 19.8. The number of carbonyl (C=O) groups excluding carboxylic acids is 1. The summed E-state index contributed by atoms with van der Waals surface area (Å²) in [5.41, 5.74) is 0. The quantitative estimate of drug-likeness (QED) is 0.0347. The van der Waals surface area contributed by atoms with E-state index < -0.39 is 43.4 Å². The van der Waals surface area contributed by atoms with Gasteiger partial charge in [-0.05, 0) is 12.8 Å². The fourth-order valence-corrected chi connectivity index (χ4v) is 9.14. The number of unbranched alkanes of at least 4 members (excludes halogenated alkanes) is 39. The van der Waals surface area contributed by atoms with Gasteiger partial charge in [-0.15, -0.1) is 0 Å². The summed E-state index contributed by atoms with van der Waals surface area (Å²) in [7, 11) is 0. The van der Waals surface area contributed by atoms with E-state index in [-0.39, 0.29) is 19.2 Å². The number of hydrogen-bond donors (Lipinski definition) is 4. The van der Waals surface area contributed by atoms with Gasteiger partial charge < -0.3 is 39.4 Å². The van der Waals surface area contributed by atoms with Crippen molar-refractivity contribution < 1.29 is 44.2 Å². The first kappa shape index (κ1) is 61.2. The predicted molar refractivity (Wildman–Crippen MR) is 266 cm³/mol. The van der Waals surface area contributed by atoms with Crippen LogP contribution in [0.25, 0.3) is 0 Å². The van der Waals surface area contributed by atoms with E-state index in [2.05, 4.69) is 13.8 Å². The number of carbonyl (C=O) groups is 1. The van der Waals surface area contributed by atoms with Crippen LogP contribution >= 0.6 is 0 Å². The summed E-state index contributed by atoms with van der Waals surface area (Å²) in [5.74, 6) is -0.304. The molecule has 64 heavy (non-hydrogen) atoms. The Kier molecular flexibility index (Phi) is 45.2. The van der Waals surface area contributed by atoms with Crippen molar-refractivity contribution >= 4 is 5.97 Å². The van der Waals surface area contributed by atoms with Crippen LogP contribution in [0.3, 0.4) is 0 Å². The van der Waals surface area contributed by atoms with Crippen molar-refractivity contribution in [2.75, 3.05) is 26.4 Å². The van der Waals surface area contributed by atoms with Crippen molar-refractivity contribution in [3.8, 4) is 0 Å². The molecular weight excluding hydrogens is 805 g/mol. The molecule has 0 aliphatic carbocycles.